The van der Waals surface area contributed by atoms with E-state index in [0.29, 0.717) is 0 Å². The highest BCUT2D eigenvalue weighted by molar-refractivity contribution is 6.29. The quantitative estimate of drug-likeness (QED) is 0.545. The number of carbonyl (C=O) groups excluding carboxylic acids is 1. The van der Waals surface area contributed by atoms with Crippen LogP contribution in [0, 0.1) is 0 Å². The molecule has 0 aromatic carbocycles. The molecule has 5 N–H and O–H groups in total. The molecule has 0 aliphatic carbocycles. The van der Waals surface area contributed by atoms with Gasteiger partial charge in [0.15, 0.2) is 5.69 Å². The molecule has 0 saturated carbocycles. The Morgan fingerprint density at radius 1 is 1.39 bits per heavy atom. The molecule has 0 aliphatic heterocycles. The first-order valence-electron chi connectivity index (χ1n) is 4.87. The van der Waals surface area contributed by atoms with Crippen LogP contribution in [0.4, 0.5) is 0 Å². The van der Waals surface area contributed by atoms with Gasteiger partial charge < -0.3 is 21.1 Å². The molecule has 1 amide bonds. The molecule has 0 bridgehead atoms. The van der Waals surface area contributed by atoms with Gasteiger partial charge in [0, 0.05) is 5.56 Å². The number of rotatable bonds is 5. The number of halogens is 1. The van der Waals surface area contributed by atoms with Gasteiger partial charge in [-0.2, -0.15) is 0 Å². The summed E-state index contributed by atoms with van der Waals surface area (Å²) in [7, 11) is 0. The van der Waals surface area contributed by atoms with Crippen LogP contribution in [0.1, 0.15) is 28.6 Å². The first-order chi connectivity index (χ1) is 8.32. The van der Waals surface area contributed by atoms with Gasteiger partial charge in [-0.3, -0.25) is 4.79 Å². The minimum atomic E-state index is -1.59. The third-order valence-corrected chi connectivity index (χ3v) is 2.40. The average Bonchev–Trinajstić information content (AvgIpc) is 2.26. The maximum atomic E-state index is 10.9. The molecule has 1 aromatic heterocycles. The molecule has 0 fully saturated rings. The van der Waals surface area contributed by atoms with E-state index in [1.165, 1.54) is 12.1 Å². The number of nitrogens with zero attached hydrogens (tertiary/aromatic N) is 1. The van der Waals surface area contributed by atoms with E-state index in [4.69, 9.17) is 22.4 Å². The first-order valence-corrected chi connectivity index (χ1v) is 5.25. The number of carboxylic acid groups (broad SMARTS) is 1. The SMILES string of the molecule is NC(=O)CC(O)C(O)c1ccc(Cl)nc1C(=O)O. The van der Waals surface area contributed by atoms with Crippen molar-refractivity contribution >= 4 is 23.5 Å². The van der Waals surface area contributed by atoms with Crippen LogP contribution in [-0.2, 0) is 4.79 Å². The van der Waals surface area contributed by atoms with Gasteiger partial charge in [0.05, 0.1) is 12.5 Å². The van der Waals surface area contributed by atoms with Crippen molar-refractivity contribution in [1.29, 1.82) is 0 Å². The number of nitrogens with two attached hydrogens (primary N) is 1. The summed E-state index contributed by atoms with van der Waals surface area (Å²) in [6.07, 6.45) is -3.60. The van der Waals surface area contributed by atoms with Crippen LogP contribution in [0.15, 0.2) is 12.1 Å². The summed E-state index contributed by atoms with van der Waals surface area (Å²) in [6.45, 7) is 0. The van der Waals surface area contributed by atoms with Crippen molar-refractivity contribution in [2.45, 2.75) is 18.6 Å². The second-order valence-corrected chi connectivity index (χ2v) is 3.95. The standard InChI is InChI=1S/C10H11ClN2O5/c11-6-2-1-4(8(13-6)10(17)18)9(16)5(14)3-7(12)15/h1-2,5,9,14,16H,3H2,(H2,12,15)(H,17,18). The molecule has 8 heteroatoms. The minimum Gasteiger partial charge on any atom is -0.476 e. The number of hydrogen-bond acceptors (Lipinski definition) is 5. The van der Waals surface area contributed by atoms with Gasteiger partial charge in [-0.05, 0) is 6.07 Å². The number of carboxylic acids is 1. The van der Waals surface area contributed by atoms with E-state index in [1.807, 2.05) is 0 Å². The fourth-order valence-electron chi connectivity index (χ4n) is 1.38. The van der Waals surface area contributed by atoms with Gasteiger partial charge in [-0.1, -0.05) is 17.7 Å². The Bertz CT molecular complexity index is 479. The Hall–Kier alpha value is -1.70. The van der Waals surface area contributed by atoms with Crippen LogP contribution < -0.4 is 5.73 Å². The van der Waals surface area contributed by atoms with Crippen molar-refractivity contribution in [3.8, 4) is 0 Å². The molecule has 0 saturated heterocycles. The van der Waals surface area contributed by atoms with Crippen LogP contribution >= 0.6 is 11.6 Å². The first kappa shape index (κ1) is 14.4. The lowest BCUT2D eigenvalue weighted by atomic mass is 10.0. The fraction of sp³-hybridized carbons (Fsp3) is 0.300. The van der Waals surface area contributed by atoms with E-state index >= 15 is 0 Å². The lowest BCUT2D eigenvalue weighted by Gasteiger charge is -2.18. The molecule has 7 nitrogen and oxygen atoms in total. The van der Waals surface area contributed by atoms with E-state index < -0.39 is 36.2 Å². The molecule has 0 aliphatic rings. The van der Waals surface area contributed by atoms with E-state index in [2.05, 4.69) is 4.98 Å². The normalized spacial score (nSPS) is 13.9. The Labute approximate surface area is 107 Å². The molecule has 2 unspecified atom stereocenters. The summed E-state index contributed by atoms with van der Waals surface area (Å²) < 4.78 is 0. The monoisotopic (exact) mass is 274 g/mol. The summed E-state index contributed by atoms with van der Waals surface area (Å²) in [5.74, 6) is -2.22. The van der Waals surface area contributed by atoms with Gasteiger partial charge >= 0.3 is 5.97 Å². The number of pyridine rings is 1. The second kappa shape index (κ2) is 5.76. The number of aliphatic hydroxyl groups excluding tert-OH is 2. The van der Waals surface area contributed by atoms with Crippen LogP contribution in [0.5, 0.6) is 0 Å². The third-order valence-electron chi connectivity index (χ3n) is 2.19. The highest BCUT2D eigenvalue weighted by atomic mass is 35.5. The topological polar surface area (TPSA) is 134 Å². The molecular weight excluding hydrogens is 264 g/mol. The number of aromatic carboxylic acids is 1. The molecule has 2 atom stereocenters. The highest BCUT2D eigenvalue weighted by Gasteiger charge is 2.26. The second-order valence-electron chi connectivity index (χ2n) is 3.56. The lowest BCUT2D eigenvalue weighted by molar-refractivity contribution is -0.121. The molecule has 1 heterocycles. The van der Waals surface area contributed by atoms with E-state index in [-0.39, 0.29) is 10.7 Å². The third kappa shape index (κ3) is 3.39. The van der Waals surface area contributed by atoms with Gasteiger partial charge in [-0.15, -0.1) is 0 Å². The van der Waals surface area contributed by atoms with Crippen LogP contribution in [-0.4, -0.2) is 38.3 Å². The Balaban J connectivity index is 3.08. The van der Waals surface area contributed by atoms with E-state index in [9.17, 15) is 19.8 Å². The van der Waals surface area contributed by atoms with Crippen LogP contribution in [0.3, 0.4) is 0 Å². The van der Waals surface area contributed by atoms with Crippen LogP contribution in [0.25, 0.3) is 0 Å². The fourth-order valence-corrected chi connectivity index (χ4v) is 1.53. The average molecular weight is 275 g/mol. The summed E-state index contributed by atoms with van der Waals surface area (Å²) >= 11 is 5.54. The largest absolute Gasteiger partial charge is 0.476 e. The van der Waals surface area contributed by atoms with Crippen molar-refractivity contribution < 1.29 is 24.9 Å². The number of hydrogen-bond donors (Lipinski definition) is 4. The highest BCUT2D eigenvalue weighted by Crippen LogP contribution is 2.23. The van der Waals surface area contributed by atoms with Gasteiger partial charge in [0.25, 0.3) is 0 Å². The van der Waals surface area contributed by atoms with Gasteiger partial charge in [-0.25, -0.2) is 9.78 Å². The van der Waals surface area contributed by atoms with Crippen molar-refractivity contribution in [3.63, 3.8) is 0 Å². The summed E-state index contributed by atoms with van der Waals surface area (Å²) in [5.41, 5.74) is 4.24. The molecule has 0 radical (unpaired) electrons. The molecule has 1 aromatic rings. The van der Waals surface area contributed by atoms with Crippen molar-refractivity contribution in [3.05, 3.63) is 28.5 Å². The number of aromatic nitrogens is 1. The summed E-state index contributed by atoms with van der Waals surface area (Å²) in [4.78, 5) is 25.1. The Kier molecular flexibility index (Phi) is 4.60. The number of carbonyl (C=O) groups is 2. The van der Waals surface area contributed by atoms with Crippen molar-refractivity contribution in [2.75, 3.05) is 0 Å². The van der Waals surface area contributed by atoms with Gasteiger partial charge in [0.2, 0.25) is 5.91 Å². The zero-order valence-corrected chi connectivity index (χ0v) is 9.83. The zero-order chi connectivity index (χ0) is 13.9. The smallest absolute Gasteiger partial charge is 0.354 e. The predicted molar refractivity (Wildman–Crippen MR) is 61.0 cm³/mol. The lowest BCUT2D eigenvalue weighted by Crippen LogP contribution is -2.27. The van der Waals surface area contributed by atoms with Gasteiger partial charge in [0.1, 0.15) is 11.3 Å². The Morgan fingerprint density at radius 3 is 2.50 bits per heavy atom. The minimum absolute atomic E-state index is 0.0623. The predicted octanol–water partition coefficient (Wildman–Crippen LogP) is -0.297. The molecular formula is C10H11ClN2O5. The maximum Gasteiger partial charge on any atom is 0.354 e. The summed E-state index contributed by atoms with van der Waals surface area (Å²) in [5, 5.41) is 28.1. The van der Waals surface area contributed by atoms with E-state index in [0.717, 1.165) is 0 Å². The number of primary amides is 1. The Morgan fingerprint density at radius 2 is 2.00 bits per heavy atom. The summed E-state index contributed by atoms with van der Waals surface area (Å²) in [6, 6.07) is 2.48. The van der Waals surface area contributed by atoms with Crippen LogP contribution in [0.2, 0.25) is 5.15 Å². The molecule has 1 rings (SSSR count). The molecule has 18 heavy (non-hydrogen) atoms. The number of amides is 1. The molecule has 0 spiro atoms. The zero-order valence-electron chi connectivity index (χ0n) is 9.08. The maximum absolute atomic E-state index is 10.9. The van der Waals surface area contributed by atoms with Crippen molar-refractivity contribution in [2.24, 2.45) is 5.73 Å². The number of aliphatic hydroxyl groups is 2. The van der Waals surface area contributed by atoms with E-state index in [1.54, 1.807) is 0 Å². The van der Waals surface area contributed by atoms with Crippen molar-refractivity contribution in [1.82, 2.24) is 4.98 Å². The molecule has 98 valence electrons.